The van der Waals surface area contributed by atoms with E-state index in [1.807, 2.05) is 46.2 Å². The van der Waals surface area contributed by atoms with E-state index in [1.165, 1.54) is 12.2 Å². The summed E-state index contributed by atoms with van der Waals surface area (Å²) in [6.07, 6.45) is 5.07. The van der Waals surface area contributed by atoms with Crippen LogP contribution in [0.1, 0.15) is 25.0 Å². The van der Waals surface area contributed by atoms with E-state index in [2.05, 4.69) is 13.2 Å². The number of nitriles is 2. The van der Waals surface area contributed by atoms with Gasteiger partial charge in [0.1, 0.15) is 36.5 Å². The molecule has 0 unspecified atom stereocenters. The minimum absolute atomic E-state index is 0.103. The number of carbonyl (C=O) groups excluding carboxylic acids is 4. The summed E-state index contributed by atoms with van der Waals surface area (Å²) in [5.41, 5.74) is 2.61. The van der Waals surface area contributed by atoms with Crippen molar-refractivity contribution in [1.82, 2.24) is 0 Å². The molecule has 2 aromatic rings. The quantitative estimate of drug-likeness (QED) is 0.0558. The molecule has 13 heteroatoms. The van der Waals surface area contributed by atoms with Crippen molar-refractivity contribution < 1.29 is 42.9 Å². The van der Waals surface area contributed by atoms with Crippen LogP contribution in [-0.4, -0.2) is 89.7 Å². The Labute approximate surface area is 298 Å². The molecule has 2 rings (SSSR count). The van der Waals surface area contributed by atoms with Gasteiger partial charge in [0.2, 0.25) is 0 Å². The Kier molecular flexibility index (Phi) is 18.7. The molecule has 0 bridgehead atoms. The van der Waals surface area contributed by atoms with E-state index in [-0.39, 0.29) is 37.6 Å². The molecule has 0 saturated heterocycles. The molecule has 0 saturated carbocycles. The van der Waals surface area contributed by atoms with Crippen molar-refractivity contribution in [2.45, 2.75) is 13.8 Å². The zero-order valence-corrected chi connectivity index (χ0v) is 28.9. The maximum Gasteiger partial charge on any atom is 0.348 e. The lowest BCUT2D eigenvalue weighted by Gasteiger charge is -2.26. The lowest BCUT2D eigenvalue weighted by Crippen LogP contribution is -2.34. The van der Waals surface area contributed by atoms with Gasteiger partial charge < -0.3 is 33.5 Å². The van der Waals surface area contributed by atoms with Gasteiger partial charge in [-0.15, -0.1) is 0 Å². The number of rotatable bonds is 22. The van der Waals surface area contributed by atoms with Crippen LogP contribution in [0.5, 0.6) is 0 Å². The number of ether oxygens (including phenoxy) is 5. The highest BCUT2D eigenvalue weighted by atomic mass is 16.5. The van der Waals surface area contributed by atoms with Crippen molar-refractivity contribution in [2.75, 3.05) is 75.6 Å². The van der Waals surface area contributed by atoms with E-state index in [1.54, 1.807) is 38.1 Å². The highest BCUT2D eigenvalue weighted by molar-refractivity contribution is 5.98. The Balaban J connectivity index is 2.12. The Hall–Kier alpha value is -6.18. The van der Waals surface area contributed by atoms with E-state index < -0.39 is 23.9 Å². The molecule has 0 aliphatic carbocycles. The fourth-order valence-corrected chi connectivity index (χ4v) is 4.41. The fraction of sp³-hybridized carbons (Fsp3) is 0.316. The summed E-state index contributed by atoms with van der Waals surface area (Å²) in [6, 6.07) is 18.0. The van der Waals surface area contributed by atoms with Crippen molar-refractivity contribution in [3.05, 3.63) is 96.1 Å². The summed E-state index contributed by atoms with van der Waals surface area (Å²) in [5.74, 6) is -2.47. The summed E-state index contributed by atoms with van der Waals surface area (Å²) in [5, 5.41) is 18.7. The van der Waals surface area contributed by atoms with Crippen LogP contribution in [0.3, 0.4) is 0 Å². The number of hydrogen-bond acceptors (Lipinski definition) is 13. The largest absolute Gasteiger partial charge is 0.462 e. The van der Waals surface area contributed by atoms with E-state index in [9.17, 15) is 29.7 Å². The highest BCUT2D eigenvalue weighted by Crippen LogP contribution is 2.19. The van der Waals surface area contributed by atoms with Crippen molar-refractivity contribution in [2.24, 2.45) is 0 Å². The number of hydrogen-bond donors (Lipinski definition) is 0. The third-order valence-electron chi connectivity index (χ3n) is 6.93. The van der Waals surface area contributed by atoms with Gasteiger partial charge in [0.25, 0.3) is 0 Å². The molecule has 0 spiro atoms. The molecular formula is C38H42N4O9. The molecule has 13 nitrogen and oxygen atoms in total. The fourth-order valence-electron chi connectivity index (χ4n) is 4.41. The van der Waals surface area contributed by atoms with Crippen molar-refractivity contribution in [3.8, 4) is 12.1 Å². The third kappa shape index (κ3) is 14.9. The Morgan fingerprint density at radius 2 is 0.961 bits per heavy atom. The zero-order valence-electron chi connectivity index (χ0n) is 28.9. The molecule has 0 aliphatic heterocycles. The van der Waals surface area contributed by atoms with Gasteiger partial charge >= 0.3 is 23.9 Å². The zero-order chi connectivity index (χ0) is 37.4. The summed E-state index contributed by atoms with van der Waals surface area (Å²) in [4.78, 5) is 51.2. The van der Waals surface area contributed by atoms with Gasteiger partial charge in [-0.05, 0) is 61.4 Å². The first-order valence-electron chi connectivity index (χ1n) is 16.1. The molecule has 0 aliphatic rings. The lowest BCUT2D eigenvalue weighted by atomic mass is 10.1. The first-order chi connectivity index (χ1) is 24.7. The molecule has 268 valence electrons. The maximum absolute atomic E-state index is 12.0. The van der Waals surface area contributed by atoms with Gasteiger partial charge in [0, 0.05) is 36.6 Å². The number of benzene rings is 2. The van der Waals surface area contributed by atoms with E-state index in [0.29, 0.717) is 50.5 Å². The standard InChI is InChI=1S/C38H42N4O9/c1-5-35(43)50-23-19-41(33-13-9-29(10-14-33)25-31(27-39)37(45)48-7-3)17-21-47-22-18-42(20-24-51-36(44)6-2)34-15-11-30(12-16-34)26-32(28-40)38(46)49-8-4/h5-6,9-16,25-26H,1-2,7-8,17-24H2,3-4H3/b31-25+,32-26+. The average Bonchev–Trinajstić information content (AvgIpc) is 3.14. The minimum Gasteiger partial charge on any atom is -0.462 e. The van der Waals surface area contributed by atoms with Crippen LogP contribution in [0.25, 0.3) is 12.2 Å². The number of carbonyl (C=O) groups is 4. The molecule has 0 aromatic heterocycles. The second-order valence-electron chi connectivity index (χ2n) is 10.3. The predicted octanol–water partition coefficient (Wildman–Crippen LogP) is 4.41. The Bertz CT molecular complexity index is 1510. The smallest absolute Gasteiger partial charge is 0.348 e. The summed E-state index contributed by atoms with van der Waals surface area (Å²) >= 11 is 0. The van der Waals surface area contributed by atoms with Gasteiger partial charge in [0.15, 0.2) is 0 Å². The molecule has 51 heavy (non-hydrogen) atoms. The molecule has 0 heterocycles. The Morgan fingerprint density at radius 1 is 0.608 bits per heavy atom. The van der Waals surface area contributed by atoms with Crippen LogP contribution in [0.15, 0.2) is 85.0 Å². The van der Waals surface area contributed by atoms with Crippen LogP contribution in [-0.2, 0) is 42.9 Å². The van der Waals surface area contributed by atoms with E-state index >= 15 is 0 Å². The molecule has 0 atom stereocenters. The van der Waals surface area contributed by atoms with Crippen molar-refractivity contribution in [1.29, 1.82) is 10.5 Å². The van der Waals surface area contributed by atoms with Gasteiger partial charge in [0.05, 0.1) is 39.5 Å². The van der Waals surface area contributed by atoms with Crippen LogP contribution >= 0.6 is 0 Å². The van der Waals surface area contributed by atoms with Crippen molar-refractivity contribution >= 4 is 47.4 Å². The minimum atomic E-state index is -0.697. The Morgan fingerprint density at radius 3 is 1.27 bits per heavy atom. The molecule has 0 N–H and O–H groups in total. The average molecular weight is 699 g/mol. The van der Waals surface area contributed by atoms with Crippen LogP contribution in [0.2, 0.25) is 0 Å². The molecule has 0 amide bonds. The summed E-state index contributed by atoms with van der Waals surface area (Å²) in [7, 11) is 0. The number of esters is 4. The normalized spacial score (nSPS) is 10.9. The summed E-state index contributed by atoms with van der Waals surface area (Å²) < 4.78 is 26.2. The predicted molar refractivity (Wildman–Crippen MR) is 191 cm³/mol. The molecule has 0 fully saturated rings. The third-order valence-corrected chi connectivity index (χ3v) is 6.93. The first kappa shape index (κ1) is 41.0. The van der Waals surface area contributed by atoms with Gasteiger partial charge in [-0.3, -0.25) is 0 Å². The monoisotopic (exact) mass is 698 g/mol. The lowest BCUT2D eigenvalue weighted by molar-refractivity contribution is -0.138. The molecular weight excluding hydrogens is 656 g/mol. The summed E-state index contributed by atoms with van der Waals surface area (Å²) in [6.45, 7) is 12.9. The van der Waals surface area contributed by atoms with Gasteiger partial charge in [-0.2, -0.15) is 10.5 Å². The maximum atomic E-state index is 12.0. The van der Waals surface area contributed by atoms with Crippen LogP contribution in [0, 0.1) is 22.7 Å². The second-order valence-corrected chi connectivity index (χ2v) is 10.3. The topological polar surface area (TPSA) is 168 Å². The second kappa shape index (κ2) is 23.2. The first-order valence-corrected chi connectivity index (χ1v) is 16.1. The SMILES string of the molecule is C=CC(=O)OCCN(CCOCCN(CCOC(=O)C=C)c1ccc(/C=C(\C#N)C(=O)OCC)cc1)c1ccc(/C=C(\C#N)C(=O)OCC)cc1. The van der Waals surface area contributed by atoms with E-state index in [0.717, 1.165) is 23.5 Å². The van der Waals surface area contributed by atoms with Crippen LogP contribution in [0.4, 0.5) is 11.4 Å². The van der Waals surface area contributed by atoms with Crippen LogP contribution < -0.4 is 9.80 Å². The van der Waals surface area contributed by atoms with E-state index in [4.69, 9.17) is 23.7 Å². The van der Waals surface area contributed by atoms with Crippen molar-refractivity contribution in [3.63, 3.8) is 0 Å². The van der Waals surface area contributed by atoms with Gasteiger partial charge in [-0.1, -0.05) is 37.4 Å². The highest BCUT2D eigenvalue weighted by Gasteiger charge is 2.13. The number of anilines is 2. The number of nitrogens with zero attached hydrogens (tertiary/aromatic N) is 4. The van der Waals surface area contributed by atoms with Gasteiger partial charge in [-0.25, -0.2) is 19.2 Å². The molecule has 0 radical (unpaired) electrons. The molecule has 2 aromatic carbocycles.